The summed E-state index contributed by atoms with van der Waals surface area (Å²) in [5, 5.41) is 16.5. The Morgan fingerprint density at radius 2 is 0.943 bits per heavy atom. The molecule has 2 aliphatic rings. The zero-order valence-electron chi connectivity index (χ0n) is 49.5. The van der Waals surface area contributed by atoms with Crippen molar-refractivity contribution in [2.75, 3.05) is 110 Å². The lowest BCUT2D eigenvalue weighted by atomic mass is 10.1. The molecule has 0 saturated carbocycles. The Morgan fingerprint density at radius 3 is 1.30 bits per heavy atom. The molecule has 2 aliphatic heterocycles. The lowest BCUT2D eigenvalue weighted by Crippen LogP contribution is -2.34. The number of rotatable bonds is 16. The Kier molecular flexibility index (Phi) is 19.4. The first kappa shape index (κ1) is 62.7. The van der Waals surface area contributed by atoms with Gasteiger partial charge in [0.2, 0.25) is 23.7 Å². The van der Waals surface area contributed by atoms with Gasteiger partial charge in [-0.3, -0.25) is 0 Å². The Bertz CT molecular complexity index is 3540. The van der Waals surface area contributed by atoms with Crippen molar-refractivity contribution in [1.82, 2.24) is 39.7 Å². The van der Waals surface area contributed by atoms with Crippen LogP contribution < -0.4 is 51.2 Å². The van der Waals surface area contributed by atoms with Gasteiger partial charge in [0.05, 0.1) is 56.4 Å². The van der Waals surface area contributed by atoms with Crippen molar-refractivity contribution in [3.05, 3.63) is 156 Å². The molecule has 20 nitrogen and oxygen atoms in total. The number of nitrogens with zero attached hydrogens (tertiary/aromatic N) is 10. The van der Waals surface area contributed by atoms with Crippen LogP contribution in [0.4, 0.5) is 82.0 Å². The molecule has 26 heteroatoms. The minimum Gasteiger partial charge on any atom is -0.438 e. The Hall–Kier alpha value is -9.82. The first-order chi connectivity index (χ1) is 42.0. The van der Waals surface area contributed by atoms with Crippen molar-refractivity contribution in [1.29, 1.82) is 0 Å². The predicted octanol–water partition coefficient (Wildman–Crippen LogP) is 13.0. The number of alkyl halides is 6. The lowest BCUT2D eigenvalue weighted by Gasteiger charge is -2.29. The van der Waals surface area contributed by atoms with Crippen LogP contribution in [-0.4, -0.2) is 132 Å². The maximum atomic E-state index is 13.6. The summed E-state index contributed by atoms with van der Waals surface area (Å²) in [6.45, 7) is 6.93. The molecule has 0 aliphatic carbocycles. The van der Waals surface area contributed by atoms with Crippen molar-refractivity contribution < 1.29 is 45.4 Å². The molecule has 4 aromatic heterocycles. The number of benzene rings is 4. The minimum absolute atomic E-state index is 0.0693. The highest BCUT2D eigenvalue weighted by atomic mass is 19.4. The molecule has 10 rings (SSSR count). The van der Waals surface area contributed by atoms with Crippen molar-refractivity contribution >= 4 is 58.1 Å². The number of likely N-dealkylation sites (tertiary alicyclic amines) is 2. The Morgan fingerprint density at radius 1 is 0.534 bits per heavy atom. The number of hydrogen-bond donors (Lipinski definition) is 6. The molecule has 2 fully saturated rings. The fourth-order valence-corrected chi connectivity index (χ4v) is 10.1. The van der Waals surface area contributed by atoms with Crippen LogP contribution in [-0.2, 0) is 12.4 Å². The van der Waals surface area contributed by atoms with Crippen molar-refractivity contribution in [2.45, 2.75) is 51.1 Å². The van der Waals surface area contributed by atoms with Gasteiger partial charge in [-0.15, -0.1) is 0 Å². The molecule has 0 unspecified atom stereocenters. The molecule has 2 saturated heterocycles. The second-order valence-electron chi connectivity index (χ2n) is 21.2. The SMILES string of the molecule is CNc1nccc(-c2cccnc2Oc2ccc(NC(=O)Nc3cc(C(F)(F)F)ccc3N(C)[C@@H]3CCN(C)C3)cc2C)n1.CNc1nccc(-c2cccnc2Oc2ccc(NC(=O)Nc3cc(C(F)(F)F)ccc3N(C)[C@H]3CCN(C)C3)cc2C)n1. The van der Waals surface area contributed by atoms with E-state index in [-0.39, 0.29) is 23.5 Å². The van der Waals surface area contributed by atoms with Crippen LogP contribution in [0.5, 0.6) is 23.3 Å². The van der Waals surface area contributed by atoms with Gasteiger partial charge < -0.3 is 61.0 Å². The fourth-order valence-electron chi connectivity index (χ4n) is 10.1. The smallest absolute Gasteiger partial charge is 0.416 e. The molecule has 4 amide bonds. The number of halogens is 6. The van der Waals surface area contributed by atoms with Gasteiger partial charge in [-0.05, 0) is 174 Å². The second kappa shape index (κ2) is 27.3. The third-order valence-corrected chi connectivity index (χ3v) is 14.9. The standard InChI is InChI=1S/2C31H33F3N8O2/c2*1-19-16-21(8-10-27(19)44-28-23(6-5-13-36-28)24-11-14-37-29(35-2)39-24)38-30(43)40-25-17-20(31(32,33)34)7-9-26(25)42(4)22-12-15-41(3)18-22/h2*5-11,13-14,16-17,22H,12,15,18H2,1-4H3,(H,35,37,39)(H2,38,40,43)/t2*22-/m10/s1. The summed E-state index contributed by atoms with van der Waals surface area (Å²) in [6.07, 6.45) is -0.892. The first-order valence-corrected chi connectivity index (χ1v) is 27.9. The number of likely N-dealkylation sites (N-methyl/N-ethyl adjacent to an activating group) is 4. The summed E-state index contributed by atoms with van der Waals surface area (Å²) in [5.41, 5.74) is 4.30. The van der Waals surface area contributed by atoms with Crippen molar-refractivity contribution in [2.24, 2.45) is 0 Å². The van der Waals surface area contributed by atoms with Crippen LogP contribution in [0.25, 0.3) is 22.5 Å². The molecule has 460 valence electrons. The van der Waals surface area contributed by atoms with Gasteiger partial charge in [0, 0.05) is 89.5 Å². The monoisotopic (exact) mass is 1210 g/mol. The van der Waals surface area contributed by atoms with E-state index in [4.69, 9.17) is 9.47 Å². The van der Waals surface area contributed by atoms with E-state index in [1.54, 1.807) is 99.5 Å². The summed E-state index contributed by atoms with van der Waals surface area (Å²) in [6, 6.07) is 26.5. The number of carbonyl (C=O) groups is 2. The summed E-state index contributed by atoms with van der Waals surface area (Å²) in [4.78, 5) is 60.2. The van der Waals surface area contributed by atoms with Gasteiger partial charge in [-0.2, -0.15) is 26.3 Å². The van der Waals surface area contributed by atoms with Crippen LogP contribution in [0.1, 0.15) is 35.1 Å². The van der Waals surface area contributed by atoms with Crippen molar-refractivity contribution in [3.8, 4) is 45.8 Å². The normalized spacial score (nSPS) is 15.1. The van der Waals surface area contributed by atoms with Crippen LogP contribution in [0, 0.1) is 13.8 Å². The van der Waals surface area contributed by atoms with Gasteiger partial charge in [0.15, 0.2) is 0 Å². The predicted molar refractivity (Wildman–Crippen MR) is 329 cm³/mol. The van der Waals surface area contributed by atoms with Crippen molar-refractivity contribution in [3.63, 3.8) is 0 Å². The van der Waals surface area contributed by atoms with Crippen LogP contribution in [0.2, 0.25) is 0 Å². The first-order valence-electron chi connectivity index (χ1n) is 27.9. The summed E-state index contributed by atoms with van der Waals surface area (Å²) in [7, 11) is 11.1. The van der Waals surface area contributed by atoms with Gasteiger partial charge in [0.25, 0.3) is 0 Å². The third-order valence-electron chi connectivity index (χ3n) is 14.9. The Balaban J connectivity index is 0.000000209. The largest absolute Gasteiger partial charge is 0.438 e. The highest BCUT2D eigenvalue weighted by Crippen LogP contribution is 2.40. The maximum Gasteiger partial charge on any atom is 0.416 e. The van der Waals surface area contributed by atoms with E-state index in [9.17, 15) is 35.9 Å². The highest BCUT2D eigenvalue weighted by Gasteiger charge is 2.35. The van der Waals surface area contributed by atoms with Crippen LogP contribution in [0.15, 0.2) is 134 Å². The summed E-state index contributed by atoms with van der Waals surface area (Å²) < 4.78 is 93.6. The maximum absolute atomic E-state index is 13.6. The van der Waals surface area contributed by atoms with E-state index < -0.39 is 35.5 Å². The van der Waals surface area contributed by atoms with Crippen LogP contribution in [0.3, 0.4) is 0 Å². The van der Waals surface area contributed by atoms with Gasteiger partial charge >= 0.3 is 24.4 Å². The molecular weight excluding hydrogens is 1150 g/mol. The zero-order chi connectivity index (χ0) is 62.9. The van der Waals surface area contributed by atoms with E-state index in [1.165, 1.54) is 12.1 Å². The quantitative estimate of drug-likeness (QED) is 0.0496. The van der Waals surface area contributed by atoms with E-state index in [1.807, 2.05) is 64.0 Å². The number of ether oxygens (including phenoxy) is 2. The number of aryl methyl sites for hydroxylation is 2. The number of anilines is 8. The zero-order valence-corrected chi connectivity index (χ0v) is 49.5. The number of aromatic nitrogens is 6. The number of hydrogen-bond acceptors (Lipinski definition) is 16. The van der Waals surface area contributed by atoms with E-state index in [0.717, 1.165) is 63.3 Å². The lowest BCUT2D eigenvalue weighted by molar-refractivity contribution is -0.138. The highest BCUT2D eigenvalue weighted by molar-refractivity contribution is 6.03. The van der Waals surface area contributed by atoms with Gasteiger partial charge in [-0.25, -0.2) is 39.5 Å². The van der Waals surface area contributed by atoms with E-state index in [0.29, 0.717) is 91.5 Å². The van der Waals surface area contributed by atoms with Gasteiger partial charge in [-0.1, -0.05) is 0 Å². The number of pyridine rings is 2. The molecule has 4 aromatic carbocycles. The molecule has 8 aromatic rings. The molecule has 0 radical (unpaired) electrons. The average Bonchev–Trinajstić information content (AvgIpc) is 3.69. The topological polar surface area (TPSA) is 215 Å². The summed E-state index contributed by atoms with van der Waals surface area (Å²) >= 11 is 0. The van der Waals surface area contributed by atoms with E-state index in [2.05, 4.69) is 71.6 Å². The fraction of sp³-hybridized carbons (Fsp3) is 0.290. The molecule has 6 N–H and O–H groups in total. The molecule has 88 heavy (non-hydrogen) atoms. The molecule has 0 bridgehead atoms. The number of amides is 4. The number of carbonyl (C=O) groups excluding carboxylic acids is 2. The molecule has 6 heterocycles. The second-order valence-corrected chi connectivity index (χ2v) is 21.2. The van der Waals surface area contributed by atoms with Gasteiger partial charge in [0.1, 0.15) is 11.5 Å². The Labute approximate surface area is 504 Å². The summed E-state index contributed by atoms with van der Waals surface area (Å²) in [5.74, 6) is 2.59. The number of nitrogens with one attached hydrogen (secondary N) is 6. The molecule has 0 spiro atoms. The number of urea groups is 2. The average molecular weight is 1210 g/mol. The van der Waals surface area contributed by atoms with E-state index >= 15 is 0 Å². The minimum atomic E-state index is -4.55. The third kappa shape index (κ3) is 15.6. The molecule has 2 atom stereocenters. The van der Waals surface area contributed by atoms with Crippen LogP contribution >= 0.6 is 0 Å². The molecular formula is C62H66F6N16O4.